The van der Waals surface area contributed by atoms with E-state index in [1.807, 2.05) is 6.20 Å². The Hall–Kier alpha value is -7.30. The van der Waals surface area contributed by atoms with Gasteiger partial charge in [-0.25, -0.2) is 4.98 Å². The molecule has 0 unspecified atom stereocenters. The molecular weight excluding hydrogens is 851 g/mol. The number of benzene rings is 8. The van der Waals surface area contributed by atoms with Crippen LogP contribution in [0, 0.1) is 27.7 Å². The number of phenols is 1. The lowest BCUT2D eigenvalue weighted by molar-refractivity contribution is 0.446. The molecule has 0 aliphatic heterocycles. The van der Waals surface area contributed by atoms with Crippen molar-refractivity contribution in [3.05, 3.63) is 191 Å². The van der Waals surface area contributed by atoms with E-state index in [1.54, 1.807) is 0 Å². The zero-order chi connectivity index (χ0) is 49.6. The number of fused-ring (bicyclic) bond motifs is 5. The second-order valence-corrected chi connectivity index (χ2v) is 22.7. The summed E-state index contributed by atoms with van der Waals surface area (Å²) in [6.45, 7) is 28.9. The van der Waals surface area contributed by atoms with Crippen LogP contribution >= 0.6 is 0 Å². The molecule has 2 aromatic heterocycles. The largest absolute Gasteiger partial charge is 0.507 e. The number of nitrogens with zero attached hydrogens (tertiary/aromatic N) is 3. The van der Waals surface area contributed by atoms with Crippen molar-refractivity contribution in [1.82, 2.24) is 14.5 Å². The fourth-order valence-corrected chi connectivity index (χ4v) is 10.8. The maximum Gasteiger partial charge on any atom is 0.149 e. The van der Waals surface area contributed by atoms with Gasteiger partial charge in [-0.15, -0.1) is 0 Å². The average Bonchev–Trinajstić information content (AvgIpc) is 3.70. The summed E-state index contributed by atoms with van der Waals surface area (Å²) in [6, 6.07) is 53.0. The van der Waals surface area contributed by atoms with Gasteiger partial charge in [0.25, 0.3) is 0 Å². The van der Waals surface area contributed by atoms with Crippen LogP contribution in [0.3, 0.4) is 0 Å². The molecule has 4 nitrogen and oxygen atoms in total. The highest BCUT2D eigenvalue weighted by molar-refractivity contribution is 6.25. The predicted octanol–water partition coefficient (Wildman–Crippen LogP) is 17.9. The van der Waals surface area contributed by atoms with Crippen molar-refractivity contribution in [2.24, 2.45) is 0 Å². The third-order valence-corrected chi connectivity index (χ3v) is 14.5. The van der Waals surface area contributed by atoms with Gasteiger partial charge in [-0.1, -0.05) is 171 Å². The molecule has 1 N–H and O–H groups in total. The number of hydrogen-bond donors (Lipinski definition) is 1. The number of hydrogen-bond acceptors (Lipinski definition) is 3. The van der Waals surface area contributed by atoms with Crippen molar-refractivity contribution in [1.29, 1.82) is 0 Å². The van der Waals surface area contributed by atoms with E-state index >= 15 is 0 Å². The van der Waals surface area contributed by atoms with Crippen molar-refractivity contribution >= 4 is 32.6 Å². The van der Waals surface area contributed by atoms with Crippen LogP contribution in [0.2, 0.25) is 0 Å². The number of phenolic OH excluding ortho intramolecular Hbond substituents is 1. The average molecular weight is 916 g/mol. The summed E-state index contributed by atoms with van der Waals surface area (Å²) >= 11 is 0. The van der Waals surface area contributed by atoms with Crippen LogP contribution in [0.1, 0.15) is 101 Å². The summed E-state index contributed by atoms with van der Waals surface area (Å²) in [5.74, 6) is 0.952. The molecule has 10 aromatic rings. The molecule has 4 heteroatoms. The quantitative estimate of drug-likeness (QED) is 0.169. The monoisotopic (exact) mass is 916 g/mol. The van der Waals surface area contributed by atoms with Crippen molar-refractivity contribution in [2.45, 2.75) is 106 Å². The Morgan fingerprint density at radius 1 is 0.486 bits per heavy atom. The fraction of sp³-hybridized carbons (Fsp3) is 0.242. The van der Waals surface area contributed by atoms with Gasteiger partial charge in [0, 0.05) is 28.3 Å². The maximum absolute atomic E-state index is 12.8. The summed E-state index contributed by atoms with van der Waals surface area (Å²) in [5.41, 5.74) is 20.1. The smallest absolute Gasteiger partial charge is 0.149 e. The zero-order valence-electron chi connectivity index (χ0n) is 43.2. The molecule has 0 radical (unpaired) electrons. The van der Waals surface area contributed by atoms with Crippen LogP contribution in [0.5, 0.6) is 5.75 Å². The predicted molar refractivity (Wildman–Crippen MR) is 298 cm³/mol. The minimum atomic E-state index is -0.343. The van der Waals surface area contributed by atoms with Crippen LogP contribution in [0.25, 0.3) is 94.3 Å². The molecule has 0 atom stereocenters. The summed E-state index contributed by atoms with van der Waals surface area (Å²) < 4.78 is 2.33. The molecule has 0 aliphatic rings. The van der Waals surface area contributed by atoms with Crippen molar-refractivity contribution in [2.75, 3.05) is 0 Å². The molecule has 2 heterocycles. The van der Waals surface area contributed by atoms with Gasteiger partial charge < -0.3 is 5.11 Å². The molecule has 0 aliphatic carbocycles. The van der Waals surface area contributed by atoms with E-state index in [4.69, 9.17) is 9.97 Å². The molecule has 8 aromatic carbocycles. The Balaban J connectivity index is 1.37. The highest BCUT2D eigenvalue weighted by atomic mass is 16.3. The Bertz CT molecular complexity index is 3660. The standard InChI is InChI=1S/C66H65N3O/c1-39-32-40(2)58(41(3)33-39)46-30-31-67-55(35-46)45-24-26-49-42(4)59(44-22-18-15-19-23-44)50-27-29-57-61(60(50)52(49)34-45)68-63(53-37-48(65(8,9)10)38-54(62(53)70)66(11,12)13)69(57)56-28-25-47(64(5,6)7)36-51(56)43-20-16-14-17-21-43/h14-38,70H,1-13H3. The van der Waals surface area contributed by atoms with E-state index in [1.165, 1.54) is 38.9 Å². The number of imidazole rings is 1. The van der Waals surface area contributed by atoms with Gasteiger partial charge in [0.05, 0.1) is 28.0 Å². The van der Waals surface area contributed by atoms with Gasteiger partial charge in [-0.3, -0.25) is 9.55 Å². The Morgan fingerprint density at radius 3 is 1.76 bits per heavy atom. The van der Waals surface area contributed by atoms with E-state index in [0.29, 0.717) is 11.4 Å². The Morgan fingerprint density at radius 2 is 1.11 bits per heavy atom. The maximum atomic E-state index is 12.8. The molecule has 0 saturated carbocycles. The van der Waals surface area contributed by atoms with E-state index in [2.05, 4.69) is 240 Å². The van der Waals surface area contributed by atoms with Gasteiger partial charge >= 0.3 is 0 Å². The van der Waals surface area contributed by atoms with Gasteiger partial charge in [0.2, 0.25) is 0 Å². The van der Waals surface area contributed by atoms with E-state index in [9.17, 15) is 5.11 Å². The molecule has 10 rings (SSSR count). The lowest BCUT2D eigenvalue weighted by atomic mass is 9.79. The van der Waals surface area contributed by atoms with Crippen LogP contribution in [0.15, 0.2) is 152 Å². The first-order valence-electron chi connectivity index (χ1n) is 24.8. The Kier molecular flexibility index (Phi) is 11.3. The van der Waals surface area contributed by atoms with Crippen LogP contribution in [0.4, 0.5) is 0 Å². The van der Waals surface area contributed by atoms with E-state index in [-0.39, 0.29) is 22.0 Å². The molecule has 0 saturated heterocycles. The summed E-state index contributed by atoms with van der Waals surface area (Å²) in [7, 11) is 0. The first-order valence-corrected chi connectivity index (χ1v) is 24.8. The van der Waals surface area contributed by atoms with Gasteiger partial charge in [-0.05, 0) is 158 Å². The van der Waals surface area contributed by atoms with Crippen molar-refractivity contribution < 1.29 is 5.11 Å². The summed E-state index contributed by atoms with van der Waals surface area (Å²) in [4.78, 5) is 10.9. The molecule has 0 bridgehead atoms. The second-order valence-electron chi connectivity index (χ2n) is 22.7. The van der Waals surface area contributed by atoms with Crippen LogP contribution in [-0.4, -0.2) is 19.6 Å². The van der Waals surface area contributed by atoms with Crippen molar-refractivity contribution in [3.8, 4) is 67.5 Å². The van der Waals surface area contributed by atoms with E-state index < -0.39 is 0 Å². The van der Waals surface area contributed by atoms with Crippen molar-refractivity contribution in [3.63, 3.8) is 0 Å². The Labute approximate surface area is 414 Å². The SMILES string of the molecule is Cc1cc(C)c(-c2ccnc(-c3ccc4c(C)c(-c5ccccc5)c5ccc6c(nc(-c7cc(C(C)(C)C)cc(C(C)(C)C)c7O)n6-c6ccc(C(C)(C)C)cc6-c6ccccc6)c5c4c3)c2)c(C)c1. The molecular formula is C66H65N3O. The lowest BCUT2D eigenvalue weighted by Crippen LogP contribution is -2.17. The van der Waals surface area contributed by atoms with Crippen LogP contribution in [-0.2, 0) is 16.2 Å². The molecule has 0 spiro atoms. The minimum Gasteiger partial charge on any atom is -0.507 e. The molecule has 70 heavy (non-hydrogen) atoms. The van der Waals surface area contributed by atoms with Gasteiger partial charge in [0.1, 0.15) is 11.6 Å². The van der Waals surface area contributed by atoms with Crippen LogP contribution < -0.4 is 0 Å². The number of aryl methyl sites for hydroxylation is 4. The summed E-state index contributed by atoms with van der Waals surface area (Å²) in [5, 5.41) is 17.2. The highest BCUT2D eigenvalue weighted by Gasteiger charge is 2.30. The lowest BCUT2D eigenvalue weighted by Gasteiger charge is -2.28. The fourth-order valence-electron chi connectivity index (χ4n) is 10.8. The van der Waals surface area contributed by atoms with E-state index in [0.717, 1.165) is 82.9 Å². The highest BCUT2D eigenvalue weighted by Crippen LogP contribution is 2.48. The third-order valence-electron chi connectivity index (χ3n) is 14.5. The second kappa shape index (κ2) is 17.0. The summed E-state index contributed by atoms with van der Waals surface area (Å²) in [6.07, 6.45) is 1.95. The molecule has 350 valence electrons. The first-order chi connectivity index (χ1) is 33.2. The number of pyridine rings is 1. The first kappa shape index (κ1) is 46.4. The molecule has 0 fully saturated rings. The number of aromatic nitrogens is 3. The third kappa shape index (κ3) is 8.07. The van der Waals surface area contributed by atoms with Gasteiger partial charge in [0.15, 0.2) is 0 Å². The number of rotatable bonds is 6. The topological polar surface area (TPSA) is 50.9 Å². The zero-order valence-corrected chi connectivity index (χ0v) is 43.2. The molecule has 0 amide bonds. The minimum absolute atomic E-state index is 0.0898. The van der Waals surface area contributed by atoms with Gasteiger partial charge in [-0.2, -0.15) is 0 Å². The number of aromatic hydroxyl groups is 1. The normalized spacial score (nSPS) is 12.4.